The average molecular weight is 396 g/mol. The summed E-state index contributed by atoms with van der Waals surface area (Å²) < 4.78 is 2.01. The third-order valence-electron chi connectivity index (χ3n) is 3.96. The number of thioether (sulfide) groups is 1. The SMILES string of the molecule is O=C(c1ccccc1)[C@@H](Sc1nc2ccccc2s1)c1ccc(Cl)cc1. The number of hydrogen-bond acceptors (Lipinski definition) is 4. The summed E-state index contributed by atoms with van der Waals surface area (Å²) >= 11 is 9.13. The van der Waals surface area contributed by atoms with Crippen LogP contribution in [0.5, 0.6) is 0 Å². The Labute approximate surface area is 164 Å². The normalized spacial score (nSPS) is 12.2. The summed E-state index contributed by atoms with van der Waals surface area (Å²) in [6, 6.07) is 24.9. The molecule has 4 aromatic rings. The van der Waals surface area contributed by atoms with Crippen LogP contribution in [0.15, 0.2) is 83.2 Å². The molecule has 2 nitrogen and oxygen atoms in total. The molecule has 3 aromatic carbocycles. The second-order valence-electron chi connectivity index (χ2n) is 5.73. The van der Waals surface area contributed by atoms with Crippen molar-refractivity contribution in [1.82, 2.24) is 4.98 Å². The average Bonchev–Trinajstić information content (AvgIpc) is 3.10. The summed E-state index contributed by atoms with van der Waals surface area (Å²) in [4.78, 5) is 17.8. The van der Waals surface area contributed by atoms with Crippen molar-refractivity contribution in [3.8, 4) is 0 Å². The second-order valence-corrected chi connectivity index (χ2v) is 8.55. The number of thiazole rings is 1. The van der Waals surface area contributed by atoms with Gasteiger partial charge in [-0.15, -0.1) is 11.3 Å². The molecule has 1 atom stereocenters. The Morgan fingerprint density at radius 1 is 0.923 bits per heavy atom. The number of Topliss-reactive ketones (excluding diaryl/α,β-unsaturated/α-hetero) is 1. The van der Waals surface area contributed by atoms with Crippen LogP contribution in [0.2, 0.25) is 5.02 Å². The Morgan fingerprint density at radius 3 is 2.35 bits per heavy atom. The van der Waals surface area contributed by atoms with Crippen molar-refractivity contribution in [2.75, 3.05) is 0 Å². The van der Waals surface area contributed by atoms with Gasteiger partial charge >= 0.3 is 0 Å². The highest BCUT2D eigenvalue weighted by molar-refractivity contribution is 8.02. The molecule has 0 aliphatic rings. The molecule has 128 valence electrons. The number of hydrogen-bond donors (Lipinski definition) is 0. The Balaban J connectivity index is 1.72. The number of nitrogens with zero attached hydrogens (tertiary/aromatic N) is 1. The zero-order valence-corrected chi connectivity index (χ0v) is 16.0. The first-order chi connectivity index (χ1) is 12.7. The van der Waals surface area contributed by atoms with Gasteiger partial charge in [0, 0.05) is 10.6 Å². The van der Waals surface area contributed by atoms with E-state index in [1.807, 2.05) is 78.9 Å². The van der Waals surface area contributed by atoms with Crippen molar-refractivity contribution in [3.05, 3.63) is 95.0 Å². The number of halogens is 1. The molecule has 4 rings (SSSR count). The summed E-state index contributed by atoms with van der Waals surface area (Å²) in [5.74, 6) is 0.0668. The van der Waals surface area contributed by atoms with Crippen LogP contribution < -0.4 is 0 Å². The van der Waals surface area contributed by atoms with Crippen LogP contribution in [0.3, 0.4) is 0 Å². The topological polar surface area (TPSA) is 30.0 Å². The maximum atomic E-state index is 13.2. The molecule has 0 aliphatic carbocycles. The van der Waals surface area contributed by atoms with Gasteiger partial charge in [-0.2, -0.15) is 0 Å². The number of para-hydroxylation sites is 1. The molecule has 0 amide bonds. The van der Waals surface area contributed by atoms with Gasteiger partial charge in [-0.3, -0.25) is 4.79 Å². The molecular formula is C21H14ClNOS2. The number of carbonyl (C=O) groups excluding carboxylic acids is 1. The van der Waals surface area contributed by atoms with Gasteiger partial charge in [-0.1, -0.05) is 78.0 Å². The van der Waals surface area contributed by atoms with Crippen molar-refractivity contribution >= 4 is 50.7 Å². The van der Waals surface area contributed by atoms with Gasteiger partial charge in [-0.25, -0.2) is 4.98 Å². The molecule has 0 saturated heterocycles. The zero-order chi connectivity index (χ0) is 17.9. The first-order valence-electron chi connectivity index (χ1n) is 8.08. The maximum Gasteiger partial charge on any atom is 0.180 e. The van der Waals surface area contributed by atoms with E-state index in [2.05, 4.69) is 4.98 Å². The van der Waals surface area contributed by atoms with E-state index in [0.717, 1.165) is 20.1 Å². The molecule has 0 unspecified atom stereocenters. The first-order valence-corrected chi connectivity index (χ1v) is 10.1. The molecular weight excluding hydrogens is 382 g/mol. The summed E-state index contributed by atoms with van der Waals surface area (Å²) in [5.41, 5.74) is 2.58. The first kappa shape index (κ1) is 17.3. The number of carbonyl (C=O) groups is 1. The fourth-order valence-electron chi connectivity index (χ4n) is 2.67. The predicted molar refractivity (Wildman–Crippen MR) is 110 cm³/mol. The van der Waals surface area contributed by atoms with E-state index < -0.39 is 0 Å². The van der Waals surface area contributed by atoms with E-state index in [-0.39, 0.29) is 11.0 Å². The van der Waals surface area contributed by atoms with Crippen LogP contribution in [0, 0.1) is 0 Å². The number of aromatic nitrogens is 1. The molecule has 0 aliphatic heterocycles. The van der Waals surface area contributed by atoms with Gasteiger partial charge in [0.1, 0.15) is 0 Å². The smallest absolute Gasteiger partial charge is 0.180 e. The van der Waals surface area contributed by atoms with Crippen molar-refractivity contribution in [2.45, 2.75) is 9.59 Å². The Kier molecular flexibility index (Phi) is 5.07. The zero-order valence-electron chi connectivity index (χ0n) is 13.6. The van der Waals surface area contributed by atoms with Gasteiger partial charge < -0.3 is 0 Å². The molecule has 1 aromatic heterocycles. The molecule has 0 N–H and O–H groups in total. The molecule has 5 heteroatoms. The fraction of sp³-hybridized carbons (Fsp3) is 0.0476. The predicted octanol–water partition coefficient (Wildman–Crippen LogP) is 6.67. The molecule has 0 fully saturated rings. The van der Waals surface area contributed by atoms with Crippen molar-refractivity contribution < 1.29 is 4.79 Å². The summed E-state index contributed by atoms with van der Waals surface area (Å²) in [7, 11) is 0. The highest BCUT2D eigenvalue weighted by Gasteiger charge is 2.25. The van der Waals surface area contributed by atoms with Gasteiger partial charge in [0.15, 0.2) is 10.1 Å². The lowest BCUT2D eigenvalue weighted by Crippen LogP contribution is -2.09. The fourth-order valence-corrected chi connectivity index (χ4v) is 5.13. The van der Waals surface area contributed by atoms with Crippen molar-refractivity contribution in [3.63, 3.8) is 0 Å². The number of ketones is 1. The van der Waals surface area contributed by atoms with Crippen molar-refractivity contribution in [1.29, 1.82) is 0 Å². The van der Waals surface area contributed by atoms with Gasteiger partial charge in [0.25, 0.3) is 0 Å². The molecule has 0 radical (unpaired) electrons. The molecule has 0 saturated carbocycles. The molecule has 1 heterocycles. The Morgan fingerprint density at radius 2 is 1.62 bits per heavy atom. The highest BCUT2D eigenvalue weighted by atomic mass is 35.5. The summed E-state index contributed by atoms with van der Waals surface area (Å²) in [6.45, 7) is 0. The summed E-state index contributed by atoms with van der Waals surface area (Å²) in [5, 5.41) is 0.292. The van der Waals surface area contributed by atoms with Crippen LogP contribution in [-0.2, 0) is 0 Å². The van der Waals surface area contributed by atoms with Gasteiger partial charge in [-0.05, 0) is 29.8 Å². The Hall–Kier alpha value is -2.14. The van der Waals surface area contributed by atoms with Crippen LogP contribution in [0.4, 0.5) is 0 Å². The number of rotatable bonds is 5. The van der Waals surface area contributed by atoms with Crippen LogP contribution in [0.1, 0.15) is 21.2 Å². The third-order valence-corrected chi connectivity index (χ3v) is 6.60. The molecule has 0 bridgehead atoms. The third kappa shape index (κ3) is 3.68. The Bertz CT molecular complexity index is 1010. The van der Waals surface area contributed by atoms with Gasteiger partial charge in [0.05, 0.1) is 15.5 Å². The van der Waals surface area contributed by atoms with E-state index >= 15 is 0 Å². The molecule has 0 spiro atoms. The van der Waals surface area contributed by atoms with E-state index in [9.17, 15) is 4.79 Å². The van der Waals surface area contributed by atoms with E-state index in [0.29, 0.717) is 10.6 Å². The van der Waals surface area contributed by atoms with Crippen LogP contribution >= 0.6 is 34.7 Å². The van der Waals surface area contributed by atoms with Crippen molar-refractivity contribution in [2.24, 2.45) is 0 Å². The highest BCUT2D eigenvalue weighted by Crippen LogP contribution is 2.41. The summed E-state index contributed by atoms with van der Waals surface area (Å²) in [6.07, 6.45) is 0. The lowest BCUT2D eigenvalue weighted by molar-refractivity contribution is 0.0989. The lowest BCUT2D eigenvalue weighted by atomic mass is 10.0. The van der Waals surface area contributed by atoms with E-state index in [4.69, 9.17) is 11.6 Å². The monoisotopic (exact) mass is 395 g/mol. The minimum absolute atomic E-state index is 0.0668. The minimum Gasteiger partial charge on any atom is -0.293 e. The largest absolute Gasteiger partial charge is 0.293 e. The second kappa shape index (κ2) is 7.62. The van der Waals surface area contributed by atoms with E-state index in [1.54, 1.807) is 11.3 Å². The van der Waals surface area contributed by atoms with Crippen LogP contribution in [-0.4, -0.2) is 10.8 Å². The minimum atomic E-state index is -0.366. The molecule has 26 heavy (non-hydrogen) atoms. The standard InChI is InChI=1S/C21H14ClNOS2/c22-16-12-10-15(11-13-16)20(19(24)14-6-2-1-3-7-14)26-21-23-17-8-4-5-9-18(17)25-21/h1-13,20H/t20-/m0/s1. The maximum absolute atomic E-state index is 13.2. The van der Waals surface area contributed by atoms with Gasteiger partial charge in [0.2, 0.25) is 0 Å². The number of benzene rings is 3. The van der Waals surface area contributed by atoms with Crippen LogP contribution in [0.25, 0.3) is 10.2 Å². The van der Waals surface area contributed by atoms with E-state index in [1.165, 1.54) is 11.8 Å². The lowest BCUT2D eigenvalue weighted by Gasteiger charge is -2.15. The number of fused-ring (bicyclic) bond motifs is 1. The quantitative estimate of drug-likeness (QED) is 0.279.